The largest absolute Gasteiger partial charge is 0.416 e. The van der Waals surface area contributed by atoms with Gasteiger partial charge in [-0.05, 0) is 55.2 Å². The van der Waals surface area contributed by atoms with Crippen LogP contribution >= 0.6 is 0 Å². The number of amides is 2. The zero-order valence-electron chi connectivity index (χ0n) is 18.7. The van der Waals surface area contributed by atoms with Crippen LogP contribution in [0.5, 0.6) is 0 Å². The lowest BCUT2D eigenvalue weighted by Gasteiger charge is -2.40. The minimum atomic E-state index is -4.45. The van der Waals surface area contributed by atoms with Crippen molar-refractivity contribution in [2.75, 3.05) is 5.32 Å². The first-order valence-electron chi connectivity index (χ1n) is 11.1. The number of rotatable bonds is 6. The Balaban J connectivity index is 1.64. The molecule has 0 saturated carbocycles. The van der Waals surface area contributed by atoms with Gasteiger partial charge < -0.3 is 10.2 Å². The smallest absolute Gasteiger partial charge is 0.324 e. The Labute approximate surface area is 196 Å². The SMILES string of the molecule is C[C@@]1(C(=O)Nc2ccc(C(F)(F)F)cc2)CCC(=O)N1[C@@H](Cc1ccccc1)c1ccccc1. The predicted molar refractivity (Wildman–Crippen MR) is 124 cm³/mol. The number of nitrogens with zero attached hydrogens (tertiary/aromatic N) is 1. The summed E-state index contributed by atoms with van der Waals surface area (Å²) in [5.41, 5.74) is 0.241. The number of carbonyl (C=O) groups excluding carboxylic acids is 2. The minimum absolute atomic E-state index is 0.130. The second-order valence-electron chi connectivity index (χ2n) is 8.68. The Morgan fingerprint density at radius 1 is 0.971 bits per heavy atom. The van der Waals surface area contributed by atoms with Crippen molar-refractivity contribution in [3.63, 3.8) is 0 Å². The topological polar surface area (TPSA) is 49.4 Å². The van der Waals surface area contributed by atoms with Crippen molar-refractivity contribution in [1.29, 1.82) is 0 Å². The summed E-state index contributed by atoms with van der Waals surface area (Å²) in [6, 6.07) is 23.2. The van der Waals surface area contributed by atoms with Crippen LogP contribution in [0.15, 0.2) is 84.9 Å². The molecule has 1 N–H and O–H groups in total. The van der Waals surface area contributed by atoms with E-state index in [1.807, 2.05) is 60.7 Å². The van der Waals surface area contributed by atoms with E-state index in [2.05, 4.69) is 5.32 Å². The van der Waals surface area contributed by atoms with Crippen molar-refractivity contribution in [3.8, 4) is 0 Å². The van der Waals surface area contributed by atoms with Crippen LogP contribution in [-0.4, -0.2) is 22.3 Å². The summed E-state index contributed by atoms with van der Waals surface area (Å²) in [6.45, 7) is 1.72. The Bertz CT molecular complexity index is 1150. The molecule has 0 bridgehead atoms. The molecule has 34 heavy (non-hydrogen) atoms. The number of likely N-dealkylation sites (tertiary alicyclic amines) is 1. The fourth-order valence-electron chi connectivity index (χ4n) is 4.49. The summed E-state index contributed by atoms with van der Waals surface area (Å²) in [5, 5.41) is 2.72. The first-order chi connectivity index (χ1) is 16.2. The molecule has 176 valence electrons. The van der Waals surface area contributed by atoms with Crippen LogP contribution in [0.4, 0.5) is 18.9 Å². The van der Waals surface area contributed by atoms with Crippen molar-refractivity contribution in [2.24, 2.45) is 0 Å². The Hall–Kier alpha value is -3.61. The molecule has 3 aromatic carbocycles. The predicted octanol–water partition coefficient (Wildman–Crippen LogP) is 6.01. The average Bonchev–Trinajstić information content (AvgIpc) is 3.14. The van der Waals surface area contributed by atoms with Gasteiger partial charge in [0.05, 0.1) is 11.6 Å². The highest BCUT2D eigenvalue weighted by molar-refractivity contribution is 6.02. The molecule has 2 amide bonds. The molecule has 7 heteroatoms. The zero-order valence-corrected chi connectivity index (χ0v) is 18.7. The van der Waals surface area contributed by atoms with E-state index in [1.165, 1.54) is 12.1 Å². The van der Waals surface area contributed by atoms with E-state index in [0.717, 1.165) is 23.3 Å². The molecule has 1 fully saturated rings. The van der Waals surface area contributed by atoms with Gasteiger partial charge in [0, 0.05) is 12.1 Å². The normalized spacial score (nSPS) is 19.2. The molecule has 0 radical (unpaired) electrons. The van der Waals surface area contributed by atoms with Crippen molar-refractivity contribution in [3.05, 3.63) is 102 Å². The number of hydrogen-bond acceptors (Lipinski definition) is 2. The number of benzene rings is 3. The third-order valence-electron chi connectivity index (χ3n) is 6.35. The third-order valence-corrected chi connectivity index (χ3v) is 6.35. The number of carbonyl (C=O) groups is 2. The molecular formula is C27H25F3N2O2. The van der Waals surface area contributed by atoms with E-state index in [-0.39, 0.29) is 24.1 Å². The Kier molecular flexibility index (Phi) is 6.46. The van der Waals surface area contributed by atoms with E-state index in [0.29, 0.717) is 12.8 Å². The van der Waals surface area contributed by atoms with Crippen LogP contribution in [0.2, 0.25) is 0 Å². The summed E-state index contributed by atoms with van der Waals surface area (Å²) in [5.74, 6) is -0.554. The monoisotopic (exact) mass is 466 g/mol. The lowest BCUT2D eigenvalue weighted by atomic mass is 9.91. The molecule has 1 aliphatic rings. The number of hydrogen-bond donors (Lipinski definition) is 1. The molecule has 0 aliphatic carbocycles. The maximum Gasteiger partial charge on any atom is 0.416 e. The van der Waals surface area contributed by atoms with Gasteiger partial charge in [0.1, 0.15) is 5.54 Å². The molecule has 4 rings (SSSR count). The van der Waals surface area contributed by atoms with E-state index >= 15 is 0 Å². The first kappa shape index (κ1) is 23.5. The van der Waals surface area contributed by atoms with Gasteiger partial charge in [0.15, 0.2) is 0 Å². The third kappa shape index (κ3) is 4.83. The maximum atomic E-state index is 13.4. The molecular weight excluding hydrogens is 441 g/mol. The van der Waals surface area contributed by atoms with Crippen molar-refractivity contribution < 1.29 is 22.8 Å². The van der Waals surface area contributed by atoms with E-state index in [1.54, 1.807) is 11.8 Å². The molecule has 0 aromatic heterocycles. The van der Waals surface area contributed by atoms with Gasteiger partial charge >= 0.3 is 6.18 Å². The highest BCUT2D eigenvalue weighted by atomic mass is 19.4. The molecule has 4 nitrogen and oxygen atoms in total. The second kappa shape index (κ2) is 9.33. The van der Waals surface area contributed by atoms with Crippen molar-refractivity contribution in [1.82, 2.24) is 4.90 Å². The van der Waals surface area contributed by atoms with Crippen LogP contribution in [0, 0.1) is 0 Å². The van der Waals surface area contributed by atoms with Crippen LogP contribution in [0.1, 0.15) is 42.5 Å². The Morgan fingerprint density at radius 3 is 2.15 bits per heavy atom. The van der Waals surface area contributed by atoms with E-state index in [4.69, 9.17) is 0 Å². The van der Waals surface area contributed by atoms with Gasteiger partial charge in [-0.2, -0.15) is 13.2 Å². The first-order valence-corrected chi connectivity index (χ1v) is 11.1. The van der Waals surface area contributed by atoms with E-state index in [9.17, 15) is 22.8 Å². The summed E-state index contributed by atoms with van der Waals surface area (Å²) >= 11 is 0. The van der Waals surface area contributed by atoms with Gasteiger partial charge in [0.25, 0.3) is 0 Å². The summed E-state index contributed by atoms with van der Waals surface area (Å²) in [7, 11) is 0. The summed E-state index contributed by atoms with van der Waals surface area (Å²) in [4.78, 5) is 28.2. The minimum Gasteiger partial charge on any atom is -0.324 e. The molecule has 1 aliphatic heterocycles. The van der Waals surface area contributed by atoms with Gasteiger partial charge in [-0.25, -0.2) is 0 Å². The lowest BCUT2D eigenvalue weighted by Crippen LogP contribution is -2.53. The highest BCUT2D eigenvalue weighted by Gasteiger charge is 2.50. The molecule has 0 unspecified atom stereocenters. The van der Waals surface area contributed by atoms with Crippen LogP contribution < -0.4 is 5.32 Å². The van der Waals surface area contributed by atoms with Crippen molar-refractivity contribution in [2.45, 2.75) is 43.9 Å². The van der Waals surface area contributed by atoms with Gasteiger partial charge in [-0.1, -0.05) is 60.7 Å². The highest BCUT2D eigenvalue weighted by Crippen LogP contribution is 2.40. The lowest BCUT2D eigenvalue weighted by molar-refractivity contribution is -0.141. The zero-order chi connectivity index (χ0) is 24.3. The van der Waals surface area contributed by atoms with Crippen molar-refractivity contribution >= 4 is 17.5 Å². The van der Waals surface area contributed by atoms with Gasteiger partial charge in [-0.3, -0.25) is 9.59 Å². The molecule has 1 saturated heterocycles. The average molecular weight is 467 g/mol. The fraction of sp³-hybridized carbons (Fsp3) is 0.259. The number of alkyl halides is 3. The Morgan fingerprint density at radius 2 is 1.56 bits per heavy atom. The van der Waals surface area contributed by atoms with Crippen LogP contribution in [-0.2, 0) is 22.2 Å². The summed E-state index contributed by atoms with van der Waals surface area (Å²) < 4.78 is 38.6. The standard InChI is InChI=1S/C27H25F3N2O2/c1-26(25(34)31-22-14-12-21(13-15-22)27(28,29)30)17-16-24(33)32(26)23(20-10-6-3-7-11-20)18-19-8-4-2-5-9-19/h2-15,23H,16-18H2,1H3,(H,31,34)/t23-,26-/m0/s1. The van der Waals surface area contributed by atoms with E-state index < -0.39 is 23.2 Å². The molecule has 3 aromatic rings. The van der Waals surface area contributed by atoms with Gasteiger partial charge in [0.2, 0.25) is 11.8 Å². The molecule has 1 heterocycles. The second-order valence-corrected chi connectivity index (χ2v) is 8.68. The van der Waals surface area contributed by atoms with Crippen LogP contribution in [0.3, 0.4) is 0 Å². The van der Waals surface area contributed by atoms with Gasteiger partial charge in [-0.15, -0.1) is 0 Å². The van der Waals surface area contributed by atoms with Crippen LogP contribution in [0.25, 0.3) is 0 Å². The quantitative estimate of drug-likeness (QED) is 0.484. The number of anilines is 1. The summed E-state index contributed by atoms with van der Waals surface area (Å²) in [6.07, 6.45) is -3.39. The fourth-order valence-corrected chi connectivity index (χ4v) is 4.49. The number of nitrogens with one attached hydrogen (secondary N) is 1. The molecule has 0 spiro atoms. The maximum absolute atomic E-state index is 13.4. The number of halogens is 3. The molecule has 2 atom stereocenters.